The summed E-state index contributed by atoms with van der Waals surface area (Å²) in [5, 5.41) is 9.04. The van der Waals surface area contributed by atoms with Crippen LogP contribution in [0.15, 0.2) is 24.3 Å². The van der Waals surface area contributed by atoms with E-state index in [1.165, 1.54) is 0 Å². The smallest absolute Gasteiger partial charge is 0.307 e. The van der Waals surface area contributed by atoms with Crippen LogP contribution in [0.1, 0.15) is 19.3 Å². The zero-order valence-electron chi connectivity index (χ0n) is 11.6. The minimum absolute atomic E-state index is 0.207. The number of aliphatic carboxylic acids is 1. The zero-order chi connectivity index (χ0) is 14.4. The SMILES string of the molecule is Nc1ccc(OCCCN2CCCC(C(=O)O)C2)cc1. The number of carboxylic acid groups (broad SMARTS) is 1. The molecule has 0 amide bonds. The van der Waals surface area contributed by atoms with E-state index >= 15 is 0 Å². The molecule has 3 N–H and O–H groups in total. The lowest BCUT2D eigenvalue weighted by molar-refractivity contribution is -0.143. The molecule has 0 aliphatic carbocycles. The van der Waals surface area contributed by atoms with Crippen LogP contribution in [-0.4, -0.2) is 42.2 Å². The molecule has 1 unspecified atom stereocenters. The topological polar surface area (TPSA) is 75.8 Å². The Bertz CT molecular complexity index is 433. The largest absolute Gasteiger partial charge is 0.494 e. The second-order valence-electron chi connectivity index (χ2n) is 5.25. The van der Waals surface area contributed by atoms with E-state index in [0.29, 0.717) is 13.2 Å². The van der Waals surface area contributed by atoms with Crippen LogP contribution in [0.25, 0.3) is 0 Å². The lowest BCUT2D eigenvalue weighted by Crippen LogP contribution is -2.39. The number of ether oxygens (including phenoxy) is 1. The fourth-order valence-corrected chi connectivity index (χ4v) is 2.50. The highest BCUT2D eigenvalue weighted by Gasteiger charge is 2.24. The van der Waals surface area contributed by atoms with Crippen LogP contribution >= 0.6 is 0 Å². The molecular formula is C15H22N2O3. The number of benzene rings is 1. The van der Waals surface area contributed by atoms with Gasteiger partial charge in [-0.05, 0) is 50.1 Å². The average molecular weight is 278 g/mol. The van der Waals surface area contributed by atoms with Gasteiger partial charge in [-0.1, -0.05) is 0 Å². The number of nitrogens with two attached hydrogens (primary N) is 1. The Kier molecular flexibility index (Phi) is 5.24. The van der Waals surface area contributed by atoms with E-state index < -0.39 is 5.97 Å². The van der Waals surface area contributed by atoms with Crippen molar-refractivity contribution in [3.8, 4) is 5.75 Å². The third kappa shape index (κ3) is 4.42. The quantitative estimate of drug-likeness (QED) is 0.613. The van der Waals surface area contributed by atoms with Crippen LogP contribution in [0, 0.1) is 5.92 Å². The Hall–Kier alpha value is -1.75. The second kappa shape index (κ2) is 7.14. The van der Waals surface area contributed by atoms with Crippen molar-refractivity contribution in [2.24, 2.45) is 5.92 Å². The van der Waals surface area contributed by atoms with Gasteiger partial charge in [-0.3, -0.25) is 4.79 Å². The van der Waals surface area contributed by atoms with Gasteiger partial charge in [0.15, 0.2) is 0 Å². The van der Waals surface area contributed by atoms with Gasteiger partial charge in [0.2, 0.25) is 0 Å². The van der Waals surface area contributed by atoms with Crippen LogP contribution in [0.5, 0.6) is 5.75 Å². The molecule has 1 atom stereocenters. The molecule has 1 aliphatic heterocycles. The van der Waals surface area contributed by atoms with E-state index in [-0.39, 0.29) is 5.92 Å². The number of likely N-dealkylation sites (tertiary alicyclic amines) is 1. The summed E-state index contributed by atoms with van der Waals surface area (Å²) in [5.41, 5.74) is 6.33. The molecule has 1 aromatic rings. The van der Waals surface area contributed by atoms with Crippen LogP contribution in [-0.2, 0) is 4.79 Å². The molecule has 5 nitrogen and oxygen atoms in total. The molecule has 5 heteroatoms. The Morgan fingerprint density at radius 3 is 2.85 bits per heavy atom. The number of nitrogen functional groups attached to an aromatic ring is 1. The van der Waals surface area contributed by atoms with E-state index in [4.69, 9.17) is 15.6 Å². The van der Waals surface area contributed by atoms with Crippen molar-refractivity contribution in [1.82, 2.24) is 4.90 Å². The number of anilines is 1. The first kappa shape index (κ1) is 14.7. The molecule has 1 saturated heterocycles. The predicted octanol–water partition coefficient (Wildman–Crippen LogP) is 1.83. The fourth-order valence-electron chi connectivity index (χ4n) is 2.50. The highest BCUT2D eigenvalue weighted by atomic mass is 16.5. The summed E-state index contributed by atoms with van der Waals surface area (Å²) in [7, 11) is 0. The van der Waals surface area contributed by atoms with Gasteiger partial charge < -0.3 is 20.5 Å². The van der Waals surface area contributed by atoms with Crippen molar-refractivity contribution < 1.29 is 14.6 Å². The minimum atomic E-state index is -0.673. The monoisotopic (exact) mass is 278 g/mol. The average Bonchev–Trinajstić information content (AvgIpc) is 2.46. The van der Waals surface area contributed by atoms with Crippen LogP contribution < -0.4 is 10.5 Å². The maximum absolute atomic E-state index is 11.0. The molecule has 0 bridgehead atoms. The summed E-state index contributed by atoms with van der Waals surface area (Å²) in [6.07, 6.45) is 2.67. The third-order valence-electron chi connectivity index (χ3n) is 3.62. The molecule has 1 aromatic carbocycles. The summed E-state index contributed by atoms with van der Waals surface area (Å²) in [4.78, 5) is 13.2. The lowest BCUT2D eigenvalue weighted by Gasteiger charge is -2.30. The maximum atomic E-state index is 11.0. The fraction of sp³-hybridized carbons (Fsp3) is 0.533. The van der Waals surface area contributed by atoms with Crippen molar-refractivity contribution in [3.05, 3.63) is 24.3 Å². The zero-order valence-corrected chi connectivity index (χ0v) is 11.6. The number of carbonyl (C=O) groups is 1. The third-order valence-corrected chi connectivity index (χ3v) is 3.62. The minimum Gasteiger partial charge on any atom is -0.494 e. The molecule has 0 saturated carbocycles. The van der Waals surface area contributed by atoms with Gasteiger partial charge in [0.1, 0.15) is 5.75 Å². The van der Waals surface area contributed by atoms with E-state index in [0.717, 1.165) is 43.8 Å². The Morgan fingerprint density at radius 2 is 2.15 bits per heavy atom. The van der Waals surface area contributed by atoms with Gasteiger partial charge in [0.25, 0.3) is 0 Å². The molecule has 2 rings (SSSR count). The summed E-state index contributed by atoms with van der Waals surface area (Å²) >= 11 is 0. The first-order valence-electron chi connectivity index (χ1n) is 7.08. The number of nitrogens with zero attached hydrogens (tertiary/aromatic N) is 1. The van der Waals surface area contributed by atoms with Crippen molar-refractivity contribution in [3.63, 3.8) is 0 Å². The first-order valence-corrected chi connectivity index (χ1v) is 7.08. The second-order valence-corrected chi connectivity index (χ2v) is 5.25. The molecular weight excluding hydrogens is 256 g/mol. The number of hydrogen-bond acceptors (Lipinski definition) is 4. The number of piperidine rings is 1. The number of hydrogen-bond donors (Lipinski definition) is 2. The van der Waals surface area contributed by atoms with Crippen molar-refractivity contribution >= 4 is 11.7 Å². The highest BCUT2D eigenvalue weighted by molar-refractivity contribution is 5.70. The van der Waals surface area contributed by atoms with Crippen LogP contribution in [0.4, 0.5) is 5.69 Å². The predicted molar refractivity (Wildman–Crippen MR) is 77.8 cm³/mol. The number of carboxylic acids is 1. The van der Waals surface area contributed by atoms with Gasteiger partial charge in [0, 0.05) is 18.8 Å². The molecule has 0 radical (unpaired) electrons. The van der Waals surface area contributed by atoms with Crippen molar-refractivity contribution in [1.29, 1.82) is 0 Å². The van der Waals surface area contributed by atoms with Crippen LogP contribution in [0.2, 0.25) is 0 Å². The Morgan fingerprint density at radius 1 is 1.40 bits per heavy atom. The van der Waals surface area contributed by atoms with Crippen LogP contribution in [0.3, 0.4) is 0 Å². The summed E-state index contributed by atoms with van der Waals surface area (Å²) < 4.78 is 5.63. The van der Waals surface area contributed by atoms with E-state index in [1.807, 2.05) is 24.3 Å². The van der Waals surface area contributed by atoms with E-state index in [1.54, 1.807) is 0 Å². The molecule has 110 valence electrons. The molecule has 1 aliphatic rings. The van der Waals surface area contributed by atoms with Gasteiger partial charge in [-0.15, -0.1) is 0 Å². The normalized spacial score (nSPS) is 19.7. The Balaban J connectivity index is 1.65. The molecule has 0 spiro atoms. The van der Waals surface area contributed by atoms with E-state index in [2.05, 4.69) is 4.90 Å². The molecule has 1 heterocycles. The van der Waals surface area contributed by atoms with Crippen molar-refractivity contribution in [2.45, 2.75) is 19.3 Å². The van der Waals surface area contributed by atoms with Crippen molar-refractivity contribution in [2.75, 3.05) is 32.0 Å². The lowest BCUT2D eigenvalue weighted by atomic mass is 9.98. The summed E-state index contributed by atoms with van der Waals surface area (Å²) in [6.45, 7) is 3.18. The summed E-state index contributed by atoms with van der Waals surface area (Å²) in [6, 6.07) is 7.35. The summed E-state index contributed by atoms with van der Waals surface area (Å²) in [5.74, 6) is -0.0594. The molecule has 0 aromatic heterocycles. The van der Waals surface area contributed by atoms with Gasteiger partial charge in [-0.2, -0.15) is 0 Å². The number of rotatable bonds is 6. The molecule has 1 fully saturated rings. The van der Waals surface area contributed by atoms with Gasteiger partial charge >= 0.3 is 5.97 Å². The van der Waals surface area contributed by atoms with Gasteiger partial charge in [-0.25, -0.2) is 0 Å². The van der Waals surface area contributed by atoms with E-state index in [9.17, 15) is 4.79 Å². The maximum Gasteiger partial charge on any atom is 0.307 e. The molecule has 20 heavy (non-hydrogen) atoms. The Labute approximate surface area is 119 Å². The first-order chi connectivity index (χ1) is 9.65. The van der Waals surface area contributed by atoms with Gasteiger partial charge in [0.05, 0.1) is 12.5 Å². The highest BCUT2D eigenvalue weighted by Crippen LogP contribution is 2.17. The standard InChI is InChI=1S/C15H22N2O3/c16-13-4-6-14(7-5-13)20-10-2-9-17-8-1-3-12(11-17)15(18)19/h4-7,12H,1-3,8-11,16H2,(H,18,19).